The third kappa shape index (κ3) is 8.14. The predicted molar refractivity (Wildman–Crippen MR) is 176 cm³/mol. The second-order valence-electron chi connectivity index (χ2n) is 11.1. The molecule has 0 heterocycles. The van der Waals surface area contributed by atoms with E-state index < -0.39 is 28.5 Å². The first-order chi connectivity index (χ1) is 21.1. The molecule has 230 valence electrons. The Bertz CT molecular complexity index is 1660. The van der Waals surface area contributed by atoms with Crippen LogP contribution in [0.2, 0.25) is 0 Å². The molecule has 0 spiro atoms. The molecule has 8 heteroatoms. The fourth-order valence-electron chi connectivity index (χ4n) is 5.14. The molecule has 0 radical (unpaired) electrons. The van der Waals surface area contributed by atoms with Gasteiger partial charge in [0.15, 0.2) is 0 Å². The largest absolute Gasteiger partial charge is 0.354 e. The van der Waals surface area contributed by atoms with Gasteiger partial charge >= 0.3 is 0 Å². The van der Waals surface area contributed by atoms with Crippen LogP contribution in [-0.2, 0) is 32.6 Å². The number of anilines is 1. The number of carbonyl (C=O) groups excluding carboxylic acids is 2. The third-order valence-corrected chi connectivity index (χ3v) is 9.30. The molecule has 0 aromatic heterocycles. The van der Waals surface area contributed by atoms with E-state index in [4.69, 9.17) is 0 Å². The molecule has 1 unspecified atom stereocenters. The summed E-state index contributed by atoms with van der Waals surface area (Å²) in [4.78, 5) is 29.8. The van der Waals surface area contributed by atoms with E-state index in [0.717, 1.165) is 34.2 Å². The molecule has 0 fully saturated rings. The van der Waals surface area contributed by atoms with Crippen LogP contribution in [0.5, 0.6) is 0 Å². The monoisotopic (exact) mass is 611 g/mol. The minimum absolute atomic E-state index is 0.0898. The topological polar surface area (TPSA) is 86.8 Å². The van der Waals surface area contributed by atoms with Crippen LogP contribution in [0.4, 0.5) is 5.69 Å². The summed E-state index contributed by atoms with van der Waals surface area (Å²) in [5, 5.41) is 2.97. The highest BCUT2D eigenvalue weighted by atomic mass is 32.2. The first kappa shape index (κ1) is 32.5. The molecule has 0 aliphatic heterocycles. The van der Waals surface area contributed by atoms with Gasteiger partial charge in [-0.3, -0.25) is 13.9 Å². The van der Waals surface area contributed by atoms with Gasteiger partial charge < -0.3 is 10.2 Å². The molecule has 0 saturated carbocycles. The van der Waals surface area contributed by atoms with Crippen molar-refractivity contribution in [3.05, 3.63) is 131 Å². The fourth-order valence-corrected chi connectivity index (χ4v) is 6.61. The summed E-state index contributed by atoms with van der Waals surface area (Å²) < 4.78 is 29.6. The molecular weight excluding hydrogens is 570 g/mol. The Labute approximate surface area is 261 Å². The maximum atomic E-state index is 14.5. The van der Waals surface area contributed by atoms with Crippen molar-refractivity contribution < 1.29 is 18.0 Å². The number of amides is 2. The Morgan fingerprint density at radius 2 is 1.36 bits per heavy atom. The van der Waals surface area contributed by atoms with Crippen LogP contribution in [0.25, 0.3) is 0 Å². The van der Waals surface area contributed by atoms with Crippen molar-refractivity contribution >= 4 is 27.5 Å². The number of aryl methyl sites for hydroxylation is 3. The van der Waals surface area contributed by atoms with Crippen molar-refractivity contribution in [3.63, 3.8) is 0 Å². The van der Waals surface area contributed by atoms with Crippen LogP contribution in [0, 0.1) is 20.8 Å². The minimum atomic E-state index is -4.14. The van der Waals surface area contributed by atoms with Gasteiger partial charge in [0.2, 0.25) is 11.8 Å². The van der Waals surface area contributed by atoms with E-state index in [1.54, 1.807) is 30.3 Å². The van der Waals surface area contributed by atoms with Gasteiger partial charge in [0.05, 0.1) is 10.6 Å². The smallest absolute Gasteiger partial charge is 0.264 e. The van der Waals surface area contributed by atoms with Gasteiger partial charge in [-0.05, 0) is 62.1 Å². The number of benzene rings is 4. The zero-order valence-electron chi connectivity index (χ0n) is 25.9. The molecular formula is C36H41N3O4S. The van der Waals surface area contributed by atoms with Crippen molar-refractivity contribution in [2.75, 3.05) is 17.4 Å². The summed E-state index contributed by atoms with van der Waals surface area (Å²) in [6.45, 7) is 7.76. The predicted octanol–water partition coefficient (Wildman–Crippen LogP) is 5.97. The van der Waals surface area contributed by atoms with Crippen LogP contribution >= 0.6 is 0 Å². The SMILES string of the molecule is CCCNC(=O)C(Cc1ccccc1)N(Cc1ccccc1)C(=O)CN(c1ccc(C)cc1C)S(=O)(=O)c1ccc(C)cc1. The standard InChI is InChI=1S/C36H41N3O4S/c1-5-22-37-36(41)34(24-30-12-8-6-9-13-30)38(25-31-14-10-7-11-15-31)35(40)26-39(33-21-18-28(3)23-29(33)4)44(42,43)32-19-16-27(2)17-20-32/h6-21,23,34H,5,22,24-26H2,1-4H3,(H,37,41). The molecule has 1 atom stereocenters. The van der Waals surface area contributed by atoms with Crippen molar-refractivity contribution in [1.82, 2.24) is 10.2 Å². The molecule has 0 aliphatic rings. The average molecular weight is 612 g/mol. The van der Waals surface area contributed by atoms with Crippen LogP contribution in [0.15, 0.2) is 108 Å². The highest BCUT2D eigenvalue weighted by molar-refractivity contribution is 7.92. The Hall–Kier alpha value is -4.43. The molecule has 0 saturated heterocycles. The third-order valence-electron chi connectivity index (χ3n) is 7.52. The molecule has 1 N–H and O–H groups in total. The highest BCUT2D eigenvalue weighted by Crippen LogP contribution is 2.28. The summed E-state index contributed by atoms with van der Waals surface area (Å²) in [7, 11) is -4.14. The van der Waals surface area contributed by atoms with E-state index in [1.165, 1.54) is 9.21 Å². The van der Waals surface area contributed by atoms with E-state index >= 15 is 0 Å². The number of rotatable bonds is 13. The second-order valence-corrected chi connectivity index (χ2v) is 13.0. The zero-order valence-corrected chi connectivity index (χ0v) is 26.7. The minimum Gasteiger partial charge on any atom is -0.354 e. The number of sulfonamides is 1. The van der Waals surface area contributed by atoms with Crippen LogP contribution in [-0.4, -0.2) is 44.3 Å². The van der Waals surface area contributed by atoms with Gasteiger partial charge in [0.1, 0.15) is 12.6 Å². The van der Waals surface area contributed by atoms with E-state index in [9.17, 15) is 18.0 Å². The van der Waals surface area contributed by atoms with E-state index in [1.807, 2.05) is 100 Å². The molecule has 44 heavy (non-hydrogen) atoms. The van der Waals surface area contributed by atoms with E-state index in [2.05, 4.69) is 5.32 Å². The van der Waals surface area contributed by atoms with Crippen LogP contribution in [0.3, 0.4) is 0 Å². The average Bonchev–Trinajstić information content (AvgIpc) is 3.01. The van der Waals surface area contributed by atoms with Crippen molar-refractivity contribution in [1.29, 1.82) is 0 Å². The van der Waals surface area contributed by atoms with Crippen molar-refractivity contribution in [2.24, 2.45) is 0 Å². The zero-order chi connectivity index (χ0) is 31.7. The highest BCUT2D eigenvalue weighted by Gasteiger charge is 2.35. The number of hydrogen-bond acceptors (Lipinski definition) is 4. The normalized spacial score (nSPS) is 11.9. The molecule has 4 aromatic carbocycles. The number of nitrogens with zero attached hydrogens (tertiary/aromatic N) is 2. The van der Waals surface area contributed by atoms with E-state index in [0.29, 0.717) is 12.2 Å². The van der Waals surface area contributed by atoms with E-state index in [-0.39, 0.29) is 23.8 Å². The summed E-state index contributed by atoms with van der Waals surface area (Å²) in [6.07, 6.45) is 1.02. The Kier molecular flexibility index (Phi) is 11.0. The van der Waals surface area contributed by atoms with Gasteiger partial charge in [-0.1, -0.05) is 103 Å². The van der Waals surface area contributed by atoms with Gasteiger partial charge in [-0.2, -0.15) is 0 Å². The van der Waals surface area contributed by atoms with Gasteiger partial charge in [0.25, 0.3) is 10.0 Å². The van der Waals surface area contributed by atoms with Gasteiger partial charge in [-0.15, -0.1) is 0 Å². The summed E-state index contributed by atoms with van der Waals surface area (Å²) in [6, 6.07) is 30.2. The Morgan fingerprint density at radius 3 is 1.95 bits per heavy atom. The number of hydrogen-bond donors (Lipinski definition) is 1. The van der Waals surface area contributed by atoms with Crippen molar-refractivity contribution in [3.8, 4) is 0 Å². The van der Waals surface area contributed by atoms with Gasteiger partial charge in [0, 0.05) is 19.5 Å². The maximum Gasteiger partial charge on any atom is 0.264 e. The number of carbonyl (C=O) groups is 2. The first-order valence-corrected chi connectivity index (χ1v) is 16.4. The van der Waals surface area contributed by atoms with Gasteiger partial charge in [-0.25, -0.2) is 8.42 Å². The lowest BCUT2D eigenvalue weighted by Gasteiger charge is -2.34. The van der Waals surface area contributed by atoms with Crippen molar-refractivity contribution in [2.45, 2.75) is 58.0 Å². The van der Waals surface area contributed by atoms with Crippen LogP contribution in [0.1, 0.15) is 41.2 Å². The first-order valence-electron chi connectivity index (χ1n) is 14.9. The lowest BCUT2D eigenvalue weighted by Crippen LogP contribution is -2.53. The fraction of sp³-hybridized carbons (Fsp3) is 0.278. The number of nitrogens with one attached hydrogen (secondary N) is 1. The second kappa shape index (κ2) is 14.8. The molecule has 4 rings (SSSR count). The maximum absolute atomic E-state index is 14.5. The Balaban J connectivity index is 1.80. The quantitative estimate of drug-likeness (QED) is 0.202. The lowest BCUT2D eigenvalue weighted by atomic mass is 10.0. The summed E-state index contributed by atoms with van der Waals surface area (Å²) in [5.74, 6) is -0.753. The van der Waals surface area contributed by atoms with Crippen LogP contribution < -0.4 is 9.62 Å². The molecule has 4 aromatic rings. The lowest BCUT2D eigenvalue weighted by molar-refractivity contribution is -0.140. The molecule has 2 amide bonds. The summed E-state index contributed by atoms with van der Waals surface area (Å²) in [5.41, 5.74) is 4.78. The summed E-state index contributed by atoms with van der Waals surface area (Å²) >= 11 is 0. The molecule has 0 bridgehead atoms. The molecule has 0 aliphatic carbocycles. The molecule has 7 nitrogen and oxygen atoms in total. The Morgan fingerprint density at radius 1 is 0.773 bits per heavy atom.